The lowest BCUT2D eigenvalue weighted by molar-refractivity contribution is -0.137. The van der Waals surface area contributed by atoms with Crippen LogP contribution >= 0.6 is 0 Å². The number of nitrogens with zero attached hydrogens (tertiary/aromatic N) is 1. The van der Waals surface area contributed by atoms with Gasteiger partial charge in [0.15, 0.2) is 0 Å². The van der Waals surface area contributed by atoms with Crippen LogP contribution in [0.3, 0.4) is 0 Å². The maximum Gasteiger partial charge on any atom is 0.416 e. The third kappa shape index (κ3) is 4.24. The van der Waals surface area contributed by atoms with E-state index >= 15 is 0 Å². The zero-order valence-electron chi connectivity index (χ0n) is 14.2. The van der Waals surface area contributed by atoms with E-state index in [4.69, 9.17) is 0 Å². The Kier molecular flexibility index (Phi) is 5.31. The van der Waals surface area contributed by atoms with E-state index in [9.17, 15) is 22.8 Å². The molecule has 8 heteroatoms. The van der Waals surface area contributed by atoms with Crippen LogP contribution in [0.2, 0.25) is 0 Å². The van der Waals surface area contributed by atoms with Gasteiger partial charge in [0.05, 0.1) is 5.56 Å². The molecule has 2 heterocycles. The summed E-state index contributed by atoms with van der Waals surface area (Å²) in [6.07, 6.45) is -0.940. The lowest BCUT2D eigenvalue weighted by Gasteiger charge is -2.19. The summed E-state index contributed by atoms with van der Waals surface area (Å²) >= 11 is 0. The number of alkyl halides is 3. The highest BCUT2D eigenvalue weighted by Gasteiger charge is 2.33. The maximum atomic E-state index is 13.2. The molecule has 0 aromatic heterocycles. The topological polar surface area (TPSA) is 61.4 Å². The molecule has 2 aliphatic rings. The first-order chi connectivity index (χ1) is 12.3. The van der Waals surface area contributed by atoms with Crippen LogP contribution in [-0.2, 0) is 11.0 Å². The second-order valence-electron chi connectivity index (χ2n) is 6.41. The summed E-state index contributed by atoms with van der Waals surface area (Å²) in [5.41, 5.74) is 0.137. The summed E-state index contributed by atoms with van der Waals surface area (Å²) in [5.74, 6) is -0.807. The number of rotatable bonds is 4. The van der Waals surface area contributed by atoms with Crippen LogP contribution < -0.4 is 15.5 Å². The molecule has 2 aliphatic heterocycles. The average Bonchev–Trinajstić information content (AvgIpc) is 3.05. The molecule has 0 atom stereocenters. The predicted molar refractivity (Wildman–Crippen MR) is 90.9 cm³/mol. The molecule has 5 nitrogen and oxygen atoms in total. The second-order valence-corrected chi connectivity index (χ2v) is 6.41. The minimum absolute atomic E-state index is 0.0935. The zero-order valence-corrected chi connectivity index (χ0v) is 14.2. The van der Waals surface area contributed by atoms with E-state index in [2.05, 4.69) is 10.6 Å². The van der Waals surface area contributed by atoms with Gasteiger partial charge in [-0.1, -0.05) is 11.6 Å². The molecule has 1 aromatic rings. The molecule has 0 radical (unpaired) electrons. The quantitative estimate of drug-likeness (QED) is 0.804. The first-order valence-corrected chi connectivity index (χ1v) is 8.54. The first kappa shape index (κ1) is 18.4. The van der Waals surface area contributed by atoms with Gasteiger partial charge in [0.2, 0.25) is 5.91 Å². The third-order valence-corrected chi connectivity index (χ3v) is 4.53. The molecule has 0 spiro atoms. The van der Waals surface area contributed by atoms with Gasteiger partial charge in [0.1, 0.15) is 0 Å². The summed E-state index contributed by atoms with van der Waals surface area (Å²) in [5, 5.41) is 5.82. The normalized spacial score (nSPS) is 18.0. The van der Waals surface area contributed by atoms with E-state index in [1.807, 2.05) is 6.08 Å². The molecule has 3 rings (SSSR count). The van der Waals surface area contributed by atoms with E-state index in [1.54, 1.807) is 0 Å². The van der Waals surface area contributed by atoms with Gasteiger partial charge >= 0.3 is 6.18 Å². The van der Waals surface area contributed by atoms with Crippen LogP contribution in [0.1, 0.15) is 35.2 Å². The minimum Gasteiger partial charge on any atom is -0.348 e. The molecule has 1 fully saturated rings. The molecule has 0 saturated carbocycles. The van der Waals surface area contributed by atoms with Gasteiger partial charge in [-0.05, 0) is 37.6 Å². The maximum absolute atomic E-state index is 13.2. The Morgan fingerprint density at radius 2 is 2.04 bits per heavy atom. The fraction of sp³-hybridized carbons (Fsp3) is 0.444. The van der Waals surface area contributed by atoms with E-state index in [0.29, 0.717) is 25.9 Å². The molecule has 26 heavy (non-hydrogen) atoms. The van der Waals surface area contributed by atoms with Gasteiger partial charge in [-0.2, -0.15) is 13.2 Å². The number of amides is 2. The Morgan fingerprint density at radius 3 is 2.65 bits per heavy atom. The van der Waals surface area contributed by atoms with Crippen LogP contribution in [0.4, 0.5) is 18.9 Å². The van der Waals surface area contributed by atoms with Crippen molar-refractivity contribution in [2.75, 3.05) is 31.1 Å². The van der Waals surface area contributed by atoms with E-state index < -0.39 is 17.6 Å². The number of anilines is 1. The van der Waals surface area contributed by atoms with Crippen LogP contribution in [-0.4, -0.2) is 38.0 Å². The van der Waals surface area contributed by atoms with E-state index in [0.717, 1.165) is 37.2 Å². The van der Waals surface area contributed by atoms with Crippen molar-refractivity contribution >= 4 is 17.5 Å². The molecule has 0 bridgehead atoms. The highest BCUT2D eigenvalue weighted by atomic mass is 19.4. The number of carbonyl (C=O) groups is 2. The molecule has 1 saturated heterocycles. The number of hydrogen-bond acceptors (Lipinski definition) is 3. The van der Waals surface area contributed by atoms with Gasteiger partial charge in [-0.15, -0.1) is 0 Å². The smallest absolute Gasteiger partial charge is 0.348 e. The van der Waals surface area contributed by atoms with Crippen LogP contribution in [0.5, 0.6) is 0 Å². The first-order valence-electron chi connectivity index (χ1n) is 8.54. The SMILES string of the molecule is O=C(NCC1=CCNCC1)c1cc(N2CCCC2=O)cc(C(F)(F)F)c1. The van der Waals surface area contributed by atoms with Crippen LogP contribution in [0.15, 0.2) is 29.8 Å². The Hall–Kier alpha value is -2.35. The van der Waals surface area contributed by atoms with Crippen molar-refractivity contribution in [3.63, 3.8) is 0 Å². The van der Waals surface area contributed by atoms with Gasteiger partial charge in [0, 0.05) is 37.3 Å². The Labute approximate surface area is 149 Å². The molecule has 2 amide bonds. The Morgan fingerprint density at radius 1 is 1.23 bits per heavy atom. The van der Waals surface area contributed by atoms with Gasteiger partial charge < -0.3 is 15.5 Å². The highest BCUT2D eigenvalue weighted by molar-refractivity contribution is 5.99. The van der Waals surface area contributed by atoms with Gasteiger partial charge in [0.25, 0.3) is 5.91 Å². The number of carbonyl (C=O) groups excluding carboxylic acids is 2. The third-order valence-electron chi connectivity index (χ3n) is 4.53. The lowest BCUT2D eigenvalue weighted by Crippen LogP contribution is -2.30. The highest BCUT2D eigenvalue weighted by Crippen LogP contribution is 2.34. The van der Waals surface area contributed by atoms with Crippen molar-refractivity contribution in [1.29, 1.82) is 0 Å². The Balaban J connectivity index is 1.83. The fourth-order valence-electron chi connectivity index (χ4n) is 3.11. The van der Waals surface area contributed by atoms with Crippen LogP contribution in [0.25, 0.3) is 0 Å². The van der Waals surface area contributed by atoms with Crippen molar-refractivity contribution in [2.45, 2.75) is 25.4 Å². The van der Waals surface area contributed by atoms with E-state index in [-0.39, 0.29) is 17.2 Å². The number of hydrogen-bond donors (Lipinski definition) is 2. The zero-order chi connectivity index (χ0) is 18.7. The molecule has 0 aliphatic carbocycles. The van der Waals surface area contributed by atoms with Crippen molar-refractivity contribution in [3.05, 3.63) is 41.0 Å². The minimum atomic E-state index is -4.59. The summed E-state index contributed by atoms with van der Waals surface area (Å²) in [6, 6.07) is 3.11. The van der Waals surface area contributed by atoms with Crippen molar-refractivity contribution in [2.24, 2.45) is 0 Å². The van der Waals surface area contributed by atoms with Crippen LogP contribution in [0, 0.1) is 0 Å². The van der Waals surface area contributed by atoms with Crippen molar-refractivity contribution in [3.8, 4) is 0 Å². The van der Waals surface area contributed by atoms with Gasteiger partial charge in [-0.3, -0.25) is 9.59 Å². The molecule has 1 aromatic carbocycles. The Bertz CT molecular complexity index is 744. The number of halogens is 3. The molecular weight excluding hydrogens is 347 g/mol. The average molecular weight is 367 g/mol. The largest absolute Gasteiger partial charge is 0.416 e. The summed E-state index contributed by atoms with van der Waals surface area (Å²) in [4.78, 5) is 25.6. The monoisotopic (exact) mass is 367 g/mol. The van der Waals surface area contributed by atoms with Crippen molar-refractivity contribution < 1.29 is 22.8 Å². The van der Waals surface area contributed by atoms with Gasteiger partial charge in [-0.25, -0.2) is 0 Å². The standard InChI is InChI=1S/C18H20F3N3O2/c19-18(20,21)14-8-13(9-15(10-14)24-7-1-2-16(24)25)17(26)23-11-12-3-5-22-6-4-12/h3,8-10,22H,1-2,4-7,11H2,(H,23,26). The molecule has 2 N–H and O–H groups in total. The molecule has 140 valence electrons. The van der Waals surface area contributed by atoms with E-state index in [1.165, 1.54) is 11.0 Å². The number of benzene rings is 1. The van der Waals surface area contributed by atoms with Crippen molar-refractivity contribution in [1.82, 2.24) is 10.6 Å². The molecule has 0 unspecified atom stereocenters. The number of nitrogens with one attached hydrogen (secondary N) is 2. The lowest BCUT2D eigenvalue weighted by atomic mass is 10.1. The summed E-state index contributed by atoms with van der Waals surface area (Å²) in [6.45, 7) is 2.19. The summed E-state index contributed by atoms with van der Waals surface area (Å²) < 4.78 is 39.7. The second kappa shape index (κ2) is 7.49. The molecular formula is C18H20F3N3O2. The fourth-order valence-corrected chi connectivity index (χ4v) is 3.11. The predicted octanol–water partition coefficient (Wildman–Crippen LogP) is 2.48. The summed E-state index contributed by atoms with van der Waals surface area (Å²) in [7, 11) is 0.